The third kappa shape index (κ3) is 3.29. The minimum absolute atomic E-state index is 0.522. The number of fused-ring (bicyclic) bond motifs is 1. The van der Waals surface area contributed by atoms with E-state index in [4.69, 9.17) is 9.47 Å². The molecule has 0 aliphatic carbocycles. The molecule has 2 aromatic carbocycles. The Labute approximate surface area is 138 Å². The molecule has 0 aromatic heterocycles. The van der Waals surface area contributed by atoms with Crippen LogP contribution in [-0.4, -0.2) is 27.3 Å². The van der Waals surface area contributed by atoms with E-state index < -0.39 is 0 Å². The molecule has 1 aliphatic heterocycles. The van der Waals surface area contributed by atoms with Crippen LogP contribution in [0.3, 0.4) is 0 Å². The van der Waals surface area contributed by atoms with Crippen LogP contribution >= 0.6 is 0 Å². The van der Waals surface area contributed by atoms with Crippen molar-refractivity contribution in [1.82, 2.24) is 0 Å². The smallest absolute Gasteiger partial charge is 0.120 e. The molecule has 0 fully saturated rings. The van der Waals surface area contributed by atoms with E-state index in [1.54, 1.807) is 14.2 Å². The molecule has 1 atom stereocenters. The van der Waals surface area contributed by atoms with E-state index in [0.29, 0.717) is 5.92 Å². The molecule has 0 N–H and O–H groups in total. The summed E-state index contributed by atoms with van der Waals surface area (Å²) in [6.45, 7) is 4.37. The zero-order chi connectivity index (χ0) is 16.2. The molecule has 0 spiro atoms. The highest BCUT2D eigenvalue weighted by molar-refractivity contribution is 5.60. The lowest BCUT2D eigenvalue weighted by atomic mass is 9.87. The monoisotopic (exact) mass is 311 g/mol. The highest BCUT2D eigenvalue weighted by atomic mass is 16.5. The number of methoxy groups -OCH3 is 2. The Morgan fingerprint density at radius 3 is 2.35 bits per heavy atom. The van der Waals surface area contributed by atoms with Gasteiger partial charge in [0.1, 0.15) is 11.5 Å². The number of ether oxygens (including phenoxy) is 2. The van der Waals surface area contributed by atoms with Crippen molar-refractivity contribution in [2.45, 2.75) is 25.7 Å². The predicted octanol–water partition coefficient (Wildman–Crippen LogP) is 4.26. The van der Waals surface area contributed by atoms with Crippen LogP contribution in [0.15, 0.2) is 42.5 Å². The topological polar surface area (TPSA) is 21.7 Å². The standard InChI is InChI=1S/C20H25NO2/c1-4-11-21-14-17(15-5-8-18(22-2)9-6-15)12-16-7-10-19(23-3)13-20(16)21/h5-10,13,17H,4,11-12,14H2,1-3H3. The van der Waals surface area contributed by atoms with Crippen LogP contribution in [0.5, 0.6) is 11.5 Å². The SMILES string of the molecule is CCCN1CC(c2ccc(OC)cc2)Cc2ccc(OC)cc21. The summed E-state index contributed by atoms with van der Waals surface area (Å²) in [6.07, 6.45) is 2.22. The van der Waals surface area contributed by atoms with Crippen molar-refractivity contribution in [1.29, 1.82) is 0 Å². The van der Waals surface area contributed by atoms with Gasteiger partial charge in [-0.05, 0) is 42.2 Å². The van der Waals surface area contributed by atoms with E-state index in [0.717, 1.165) is 37.4 Å². The molecule has 0 radical (unpaired) electrons. The van der Waals surface area contributed by atoms with Crippen LogP contribution < -0.4 is 14.4 Å². The summed E-state index contributed by atoms with van der Waals surface area (Å²) in [5.41, 5.74) is 4.12. The number of rotatable bonds is 5. The quantitative estimate of drug-likeness (QED) is 0.823. The van der Waals surface area contributed by atoms with E-state index in [1.165, 1.54) is 16.8 Å². The largest absolute Gasteiger partial charge is 0.497 e. The normalized spacial score (nSPS) is 16.8. The molecule has 1 unspecified atom stereocenters. The average molecular weight is 311 g/mol. The van der Waals surface area contributed by atoms with Gasteiger partial charge in [-0.1, -0.05) is 25.1 Å². The summed E-state index contributed by atoms with van der Waals surface area (Å²) in [4.78, 5) is 2.50. The summed E-state index contributed by atoms with van der Waals surface area (Å²) in [5, 5.41) is 0. The van der Waals surface area contributed by atoms with Gasteiger partial charge in [-0.2, -0.15) is 0 Å². The molecule has 0 bridgehead atoms. The zero-order valence-corrected chi connectivity index (χ0v) is 14.2. The Balaban J connectivity index is 1.90. The van der Waals surface area contributed by atoms with Gasteiger partial charge in [0.15, 0.2) is 0 Å². The summed E-state index contributed by atoms with van der Waals surface area (Å²) < 4.78 is 10.7. The van der Waals surface area contributed by atoms with Crippen LogP contribution in [0.25, 0.3) is 0 Å². The lowest BCUT2D eigenvalue weighted by molar-refractivity contribution is 0.413. The Morgan fingerprint density at radius 2 is 1.70 bits per heavy atom. The van der Waals surface area contributed by atoms with Gasteiger partial charge in [0.05, 0.1) is 14.2 Å². The molecule has 1 aliphatic rings. The highest BCUT2D eigenvalue weighted by Crippen LogP contribution is 2.37. The van der Waals surface area contributed by atoms with Gasteiger partial charge in [-0.3, -0.25) is 0 Å². The van der Waals surface area contributed by atoms with Crippen molar-refractivity contribution in [3.63, 3.8) is 0 Å². The zero-order valence-electron chi connectivity index (χ0n) is 14.2. The van der Waals surface area contributed by atoms with Gasteiger partial charge in [-0.25, -0.2) is 0 Å². The van der Waals surface area contributed by atoms with E-state index in [9.17, 15) is 0 Å². The molecular formula is C20H25NO2. The summed E-state index contributed by atoms with van der Waals surface area (Å²) in [6, 6.07) is 15.0. The van der Waals surface area contributed by atoms with Crippen LogP contribution in [0.1, 0.15) is 30.4 Å². The second kappa shape index (κ2) is 6.95. The van der Waals surface area contributed by atoms with Crippen molar-refractivity contribution >= 4 is 5.69 Å². The number of hydrogen-bond acceptors (Lipinski definition) is 3. The molecule has 0 saturated carbocycles. The third-order valence-electron chi connectivity index (χ3n) is 4.62. The maximum absolute atomic E-state index is 5.40. The number of hydrogen-bond donors (Lipinski definition) is 0. The van der Waals surface area contributed by atoms with Gasteiger partial charge in [0, 0.05) is 30.8 Å². The van der Waals surface area contributed by atoms with Gasteiger partial charge < -0.3 is 14.4 Å². The fourth-order valence-electron chi connectivity index (χ4n) is 3.41. The summed E-state index contributed by atoms with van der Waals surface area (Å²) in [5.74, 6) is 2.38. The number of nitrogens with zero attached hydrogens (tertiary/aromatic N) is 1. The average Bonchev–Trinajstić information content (AvgIpc) is 2.61. The maximum atomic E-state index is 5.40. The molecule has 23 heavy (non-hydrogen) atoms. The minimum Gasteiger partial charge on any atom is -0.497 e. The lowest BCUT2D eigenvalue weighted by Crippen LogP contribution is -2.34. The molecule has 2 aromatic rings. The van der Waals surface area contributed by atoms with Crippen LogP contribution in [-0.2, 0) is 6.42 Å². The predicted molar refractivity (Wildman–Crippen MR) is 94.9 cm³/mol. The maximum Gasteiger partial charge on any atom is 0.120 e. The first-order valence-electron chi connectivity index (χ1n) is 8.31. The molecular weight excluding hydrogens is 286 g/mol. The second-order valence-electron chi connectivity index (χ2n) is 6.11. The number of benzene rings is 2. The van der Waals surface area contributed by atoms with Crippen LogP contribution in [0, 0.1) is 0 Å². The van der Waals surface area contributed by atoms with Gasteiger partial charge in [0.25, 0.3) is 0 Å². The molecule has 3 heteroatoms. The lowest BCUT2D eigenvalue weighted by Gasteiger charge is -2.36. The summed E-state index contributed by atoms with van der Waals surface area (Å²) >= 11 is 0. The van der Waals surface area contributed by atoms with E-state index in [2.05, 4.69) is 54.3 Å². The first-order valence-corrected chi connectivity index (χ1v) is 8.31. The van der Waals surface area contributed by atoms with Crippen LogP contribution in [0.2, 0.25) is 0 Å². The molecule has 0 saturated heterocycles. The van der Waals surface area contributed by atoms with Gasteiger partial charge in [-0.15, -0.1) is 0 Å². The number of anilines is 1. The molecule has 0 amide bonds. The second-order valence-corrected chi connectivity index (χ2v) is 6.11. The fourth-order valence-corrected chi connectivity index (χ4v) is 3.41. The minimum atomic E-state index is 0.522. The van der Waals surface area contributed by atoms with Crippen molar-refractivity contribution in [3.05, 3.63) is 53.6 Å². The first-order chi connectivity index (χ1) is 11.2. The van der Waals surface area contributed by atoms with E-state index >= 15 is 0 Å². The van der Waals surface area contributed by atoms with Crippen molar-refractivity contribution in [2.75, 3.05) is 32.2 Å². The molecule has 3 nitrogen and oxygen atoms in total. The molecule has 1 heterocycles. The van der Waals surface area contributed by atoms with Crippen molar-refractivity contribution < 1.29 is 9.47 Å². The first kappa shape index (κ1) is 15.7. The Bertz CT molecular complexity index is 651. The third-order valence-corrected chi connectivity index (χ3v) is 4.62. The van der Waals surface area contributed by atoms with Gasteiger partial charge >= 0.3 is 0 Å². The highest BCUT2D eigenvalue weighted by Gasteiger charge is 2.25. The van der Waals surface area contributed by atoms with Gasteiger partial charge in [0.2, 0.25) is 0 Å². The Morgan fingerprint density at radius 1 is 1.00 bits per heavy atom. The fraction of sp³-hybridized carbons (Fsp3) is 0.400. The summed E-state index contributed by atoms with van der Waals surface area (Å²) in [7, 11) is 3.44. The van der Waals surface area contributed by atoms with E-state index in [-0.39, 0.29) is 0 Å². The van der Waals surface area contributed by atoms with Crippen LogP contribution in [0.4, 0.5) is 5.69 Å². The van der Waals surface area contributed by atoms with E-state index in [1.807, 2.05) is 0 Å². The molecule has 3 rings (SSSR count). The van der Waals surface area contributed by atoms with Crippen molar-refractivity contribution in [2.24, 2.45) is 0 Å². The van der Waals surface area contributed by atoms with Crippen molar-refractivity contribution in [3.8, 4) is 11.5 Å². The molecule has 122 valence electrons. The Kier molecular flexibility index (Phi) is 4.75. The Hall–Kier alpha value is -2.16.